The van der Waals surface area contributed by atoms with Crippen LogP contribution in [0.3, 0.4) is 0 Å². The lowest BCUT2D eigenvalue weighted by atomic mass is 10.2. The van der Waals surface area contributed by atoms with Crippen LogP contribution in [0.15, 0.2) is 65.8 Å². The van der Waals surface area contributed by atoms with E-state index in [1.54, 1.807) is 31.2 Å². The topological polar surface area (TPSA) is 82.9 Å². The van der Waals surface area contributed by atoms with Gasteiger partial charge in [0.2, 0.25) is 0 Å². The Hall–Kier alpha value is -2.88. The molecule has 8 nitrogen and oxygen atoms in total. The Labute approximate surface area is 194 Å². The summed E-state index contributed by atoms with van der Waals surface area (Å²) in [5.74, 6) is 1.44. The molecule has 0 spiro atoms. The average molecular weight is 472 g/mol. The standard InChI is InChI=1S/C24H29N3O5S/c1-30-21-9-5-19(6-10-21)16-27(17-20-7-11-22(31-2)12-8-20)33(28,29)24-13-14-26(25-24)18-23-4-3-15-32-23/h5-14,23H,3-4,15-18H2,1-2H3. The maximum atomic E-state index is 13.6. The SMILES string of the molecule is COc1ccc(CN(Cc2ccc(OC)cc2)S(=O)(=O)c2ccn(CC3CCCO3)n2)cc1. The molecule has 0 bridgehead atoms. The van der Waals surface area contributed by atoms with Crippen LogP contribution >= 0.6 is 0 Å². The Bertz CT molecular complexity index is 1090. The van der Waals surface area contributed by atoms with Crippen molar-refractivity contribution in [1.82, 2.24) is 14.1 Å². The fourth-order valence-corrected chi connectivity index (χ4v) is 5.15. The highest BCUT2D eigenvalue weighted by molar-refractivity contribution is 7.89. The van der Waals surface area contributed by atoms with Crippen molar-refractivity contribution in [3.8, 4) is 11.5 Å². The third-order valence-electron chi connectivity index (χ3n) is 5.67. The highest BCUT2D eigenvalue weighted by Crippen LogP contribution is 2.23. The van der Waals surface area contributed by atoms with E-state index in [1.807, 2.05) is 48.5 Å². The molecule has 1 atom stereocenters. The summed E-state index contributed by atoms with van der Waals surface area (Å²) in [4.78, 5) is 0. The molecule has 0 amide bonds. The van der Waals surface area contributed by atoms with E-state index in [4.69, 9.17) is 14.2 Å². The first kappa shape index (κ1) is 23.3. The Morgan fingerprint density at radius 3 is 2.03 bits per heavy atom. The molecule has 2 aromatic carbocycles. The van der Waals surface area contributed by atoms with Gasteiger partial charge in [-0.05, 0) is 54.3 Å². The van der Waals surface area contributed by atoms with E-state index < -0.39 is 10.0 Å². The number of hydrogen-bond acceptors (Lipinski definition) is 6. The van der Waals surface area contributed by atoms with Crippen molar-refractivity contribution < 1.29 is 22.6 Å². The minimum Gasteiger partial charge on any atom is -0.497 e. The molecule has 1 aromatic heterocycles. The minimum atomic E-state index is -3.84. The molecule has 1 saturated heterocycles. The van der Waals surface area contributed by atoms with Gasteiger partial charge < -0.3 is 14.2 Å². The smallest absolute Gasteiger partial charge is 0.262 e. The third-order valence-corrected chi connectivity index (χ3v) is 7.36. The van der Waals surface area contributed by atoms with Gasteiger partial charge in [0.1, 0.15) is 11.5 Å². The monoisotopic (exact) mass is 471 g/mol. The van der Waals surface area contributed by atoms with E-state index in [0.717, 1.165) is 42.1 Å². The van der Waals surface area contributed by atoms with Crippen molar-refractivity contribution in [2.45, 2.75) is 43.6 Å². The first-order chi connectivity index (χ1) is 16.0. The highest BCUT2D eigenvalue weighted by Gasteiger charge is 2.28. The lowest BCUT2D eigenvalue weighted by molar-refractivity contribution is 0.0936. The predicted octanol–water partition coefficient (Wildman–Crippen LogP) is 3.47. The summed E-state index contributed by atoms with van der Waals surface area (Å²) in [6, 6.07) is 16.3. The van der Waals surface area contributed by atoms with Gasteiger partial charge >= 0.3 is 0 Å². The molecule has 1 unspecified atom stereocenters. The first-order valence-electron chi connectivity index (χ1n) is 10.9. The second-order valence-corrected chi connectivity index (χ2v) is 9.87. The van der Waals surface area contributed by atoms with Crippen molar-refractivity contribution in [3.63, 3.8) is 0 Å². The van der Waals surface area contributed by atoms with E-state index in [0.29, 0.717) is 6.54 Å². The van der Waals surface area contributed by atoms with Crippen LogP contribution in [-0.2, 0) is 34.4 Å². The second-order valence-electron chi connectivity index (χ2n) is 7.98. The Kier molecular flexibility index (Phi) is 7.32. The van der Waals surface area contributed by atoms with E-state index in [1.165, 1.54) is 4.31 Å². The van der Waals surface area contributed by atoms with Crippen LogP contribution in [0.1, 0.15) is 24.0 Å². The highest BCUT2D eigenvalue weighted by atomic mass is 32.2. The second kappa shape index (κ2) is 10.4. The van der Waals surface area contributed by atoms with Crippen molar-refractivity contribution in [3.05, 3.63) is 71.9 Å². The van der Waals surface area contributed by atoms with E-state index >= 15 is 0 Å². The number of nitrogens with zero attached hydrogens (tertiary/aromatic N) is 3. The Morgan fingerprint density at radius 2 is 1.55 bits per heavy atom. The lowest BCUT2D eigenvalue weighted by Gasteiger charge is -2.22. The van der Waals surface area contributed by atoms with E-state index in [-0.39, 0.29) is 24.2 Å². The molecule has 0 N–H and O–H groups in total. The third kappa shape index (κ3) is 5.73. The van der Waals surface area contributed by atoms with Crippen molar-refractivity contribution in [1.29, 1.82) is 0 Å². The van der Waals surface area contributed by atoms with Crippen LogP contribution in [0.25, 0.3) is 0 Å². The average Bonchev–Trinajstić information content (AvgIpc) is 3.52. The zero-order valence-electron chi connectivity index (χ0n) is 18.9. The fourth-order valence-electron chi connectivity index (χ4n) is 3.81. The fraction of sp³-hybridized carbons (Fsp3) is 0.375. The predicted molar refractivity (Wildman–Crippen MR) is 124 cm³/mol. The molecule has 1 aliphatic rings. The minimum absolute atomic E-state index is 0.0301. The first-order valence-corrected chi connectivity index (χ1v) is 12.3. The van der Waals surface area contributed by atoms with Gasteiger partial charge in [-0.2, -0.15) is 9.40 Å². The van der Waals surface area contributed by atoms with Gasteiger partial charge in [-0.1, -0.05) is 24.3 Å². The molecule has 1 aliphatic heterocycles. The van der Waals surface area contributed by atoms with Crippen LogP contribution < -0.4 is 9.47 Å². The molecule has 1 fully saturated rings. The molecule has 9 heteroatoms. The molecule has 0 saturated carbocycles. The van der Waals surface area contributed by atoms with Crippen molar-refractivity contribution in [2.24, 2.45) is 0 Å². The van der Waals surface area contributed by atoms with Gasteiger partial charge in [-0.15, -0.1) is 0 Å². The molecule has 0 aliphatic carbocycles. The van der Waals surface area contributed by atoms with Crippen LogP contribution in [0.5, 0.6) is 11.5 Å². The molecule has 0 radical (unpaired) electrons. The number of aromatic nitrogens is 2. The van der Waals surface area contributed by atoms with Crippen LogP contribution in [0.2, 0.25) is 0 Å². The molecule has 4 rings (SSSR count). The van der Waals surface area contributed by atoms with Gasteiger partial charge in [-0.3, -0.25) is 4.68 Å². The van der Waals surface area contributed by atoms with Gasteiger partial charge in [-0.25, -0.2) is 8.42 Å². The number of ether oxygens (including phenoxy) is 3. The quantitative estimate of drug-likeness (QED) is 0.450. The van der Waals surface area contributed by atoms with Crippen molar-refractivity contribution in [2.75, 3.05) is 20.8 Å². The Balaban J connectivity index is 1.58. The van der Waals surface area contributed by atoms with Crippen LogP contribution in [0, 0.1) is 0 Å². The summed E-state index contributed by atoms with van der Waals surface area (Å²) >= 11 is 0. The number of sulfonamides is 1. The summed E-state index contributed by atoms with van der Waals surface area (Å²) in [5.41, 5.74) is 1.71. The van der Waals surface area contributed by atoms with Gasteiger partial charge in [0, 0.05) is 25.9 Å². The summed E-state index contributed by atoms with van der Waals surface area (Å²) in [5, 5.41) is 4.40. The zero-order valence-corrected chi connectivity index (χ0v) is 19.7. The van der Waals surface area contributed by atoms with Crippen LogP contribution in [-0.4, -0.2) is 49.4 Å². The maximum Gasteiger partial charge on any atom is 0.262 e. The number of benzene rings is 2. The summed E-state index contributed by atoms with van der Waals surface area (Å²) in [6.45, 7) is 1.70. The summed E-state index contributed by atoms with van der Waals surface area (Å²) in [7, 11) is -0.644. The van der Waals surface area contributed by atoms with Gasteiger partial charge in [0.25, 0.3) is 10.0 Å². The molecule has 2 heterocycles. The van der Waals surface area contributed by atoms with E-state index in [9.17, 15) is 8.42 Å². The molecule has 176 valence electrons. The molecular weight excluding hydrogens is 442 g/mol. The molecule has 3 aromatic rings. The largest absolute Gasteiger partial charge is 0.497 e. The Morgan fingerprint density at radius 1 is 0.970 bits per heavy atom. The summed E-state index contributed by atoms with van der Waals surface area (Å²) in [6.07, 6.45) is 3.76. The van der Waals surface area contributed by atoms with Crippen molar-refractivity contribution >= 4 is 10.0 Å². The molecular formula is C24H29N3O5S. The maximum absolute atomic E-state index is 13.6. The number of methoxy groups -OCH3 is 2. The van der Waals surface area contributed by atoms with Gasteiger partial charge in [0.15, 0.2) is 5.03 Å². The normalized spacial score (nSPS) is 16.3. The van der Waals surface area contributed by atoms with Crippen LogP contribution in [0.4, 0.5) is 0 Å². The number of rotatable bonds is 10. The van der Waals surface area contributed by atoms with Gasteiger partial charge in [0.05, 0.1) is 26.9 Å². The zero-order chi connectivity index (χ0) is 23.3. The van der Waals surface area contributed by atoms with E-state index in [2.05, 4.69) is 5.10 Å². The lowest BCUT2D eigenvalue weighted by Crippen LogP contribution is -2.31. The molecule has 33 heavy (non-hydrogen) atoms. The summed E-state index contributed by atoms with van der Waals surface area (Å²) < 4.78 is 46.4. The number of hydrogen-bond donors (Lipinski definition) is 0.